The lowest BCUT2D eigenvalue weighted by atomic mass is 9.96. The van der Waals surface area contributed by atoms with Crippen LogP contribution in [0.15, 0.2) is 12.7 Å². The van der Waals surface area contributed by atoms with Gasteiger partial charge in [-0.15, -0.1) is 6.58 Å². The molecule has 1 fully saturated rings. The molecular formula is C21H38O3. The number of esters is 1. The Morgan fingerprint density at radius 1 is 1.04 bits per heavy atom. The zero-order valence-corrected chi connectivity index (χ0v) is 15.7. The quantitative estimate of drug-likeness (QED) is 0.242. The fraction of sp³-hybridized carbons (Fsp3) is 0.857. The Kier molecular flexibility index (Phi) is 11.9. The molecular weight excluding hydrogens is 300 g/mol. The molecule has 0 aliphatic carbocycles. The highest BCUT2D eigenvalue weighted by Gasteiger charge is 2.31. The highest BCUT2D eigenvalue weighted by molar-refractivity contribution is 5.72. The second-order valence-corrected chi connectivity index (χ2v) is 7.45. The highest BCUT2D eigenvalue weighted by Crippen LogP contribution is 2.27. The van der Waals surface area contributed by atoms with Crippen LogP contribution in [0.4, 0.5) is 0 Å². The predicted octanol–water partition coefficient (Wildman–Crippen LogP) is 5.56. The third-order valence-corrected chi connectivity index (χ3v) is 5.08. The van der Waals surface area contributed by atoms with E-state index in [0.717, 1.165) is 19.3 Å². The van der Waals surface area contributed by atoms with Crippen molar-refractivity contribution < 1.29 is 14.6 Å². The fourth-order valence-corrected chi connectivity index (χ4v) is 3.51. The normalized spacial score (nSPS) is 21.7. The second kappa shape index (κ2) is 13.5. The molecule has 0 spiro atoms. The summed E-state index contributed by atoms with van der Waals surface area (Å²) in [4.78, 5) is 11.3. The van der Waals surface area contributed by atoms with Gasteiger partial charge in [0, 0.05) is 5.92 Å². The van der Waals surface area contributed by atoms with Crippen LogP contribution < -0.4 is 0 Å². The average Bonchev–Trinajstić information content (AvgIpc) is 2.91. The Hall–Kier alpha value is -0.830. The van der Waals surface area contributed by atoms with Crippen molar-refractivity contribution in [1.82, 2.24) is 0 Å². The van der Waals surface area contributed by atoms with Crippen molar-refractivity contribution in [2.24, 2.45) is 5.92 Å². The van der Waals surface area contributed by atoms with E-state index in [4.69, 9.17) is 4.74 Å². The van der Waals surface area contributed by atoms with Gasteiger partial charge < -0.3 is 9.84 Å². The third-order valence-electron chi connectivity index (χ3n) is 5.08. The first kappa shape index (κ1) is 21.2. The highest BCUT2D eigenvalue weighted by atomic mass is 16.5. The number of carbonyl (C=O) groups excluding carboxylic acids is 1. The second-order valence-electron chi connectivity index (χ2n) is 7.45. The summed E-state index contributed by atoms with van der Waals surface area (Å²) >= 11 is 0. The van der Waals surface area contributed by atoms with E-state index in [1.165, 1.54) is 64.2 Å². The molecule has 1 heterocycles. The van der Waals surface area contributed by atoms with Crippen LogP contribution in [0, 0.1) is 5.92 Å². The molecule has 3 heteroatoms. The Morgan fingerprint density at radius 2 is 1.54 bits per heavy atom. The van der Waals surface area contributed by atoms with Crippen LogP contribution >= 0.6 is 0 Å². The molecule has 3 nitrogen and oxygen atoms in total. The molecule has 0 aromatic heterocycles. The third kappa shape index (κ3) is 10.1. The maximum Gasteiger partial charge on any atom is 0.306 e. The summed E-state index contributed by atoms with van der Waals surface area (Å²) in [5, 5.41) is 9.19. The summed E-state index contributed by atoms with van der Waals surface area (Å²) in [6, 6.07) is 0. The van der Waals surface area contributed by atoms with Crippen LogP contribution in [-0.4, -0.2) is 23.3 Å². The van der Waals surface area contributed by atoms with Crippen molar-refractivity contribution in [1.29, 1.82) is 0 Å². The van der Waals surface area contributed by atoms with E-state index in [1.54, 1.807) is 0 Å². The maximum atomic E-state index is 11.3. The van der Waals surface area contributed by atoms with Gasteiger partial charge >= 0.3 is 5.97 Å². The van der Waals surface area contributed by atoms with E-state index < -0.39 is 0 Å². The van der Waals surface area contributed by atoms with Crippen molar-refractivity contribution in [2.45, 2.75) is 109 Å². The molecule has 1 N–H and O–H groups in total. The first-order chi connectivity index (χ1) is 11.6. The molecule has 140 valence electrons. The van der Waals surface area contributed by atoms with E-state index in [-0.39, 0.29) is 24.1 Å². The largest absolute Gasteiger partial charge is 0.462 e. The summed E-state index contributed by atoms with van der Waals surface area (Å²) in [6.45, 7) is 5.67. The zero-order valence-electron chi connectivity index (χ0n) is 15.7. The molecule has 0 aromatic carbocycles. The number of aliphatic hydroxyl groups is 1. The lowest BCUT2D eigenvalue weighted by Gasteiger charge is -2.13. The van der Waals surface area contributed by atoms with Gasteiger partial charge in [0.15, 0.2) is 0 Å². The van der Waals surface area contributed by atoms with Gasteiger partial charge in [-0.1, -0.05) is 70.3 Å². The summed E-state index contributed by atoms with van der Waals surface area (Å²) in [5.41, 5.74) is 0. The minimum absolute atomic E-state index is 0.0595. The van der Waals surface area contributed by atoms with Crippen molar-refractivity contribution in [2.75, 3.05) is 0 Å². The molecule has 24 heavy (non-hydrogen) atoms. The average molecular weight is 339 g/mol. The first-order valence-electron chi connectivity index (χ1n) is 10.1. The number of rotatable bonds is 15. The number of aliphatic hydroxyl groups excluding tert-OH is 1. The van der Waals surface area contributed by atoms with Gasteiger partial charge in [-0.25, -0.2) is 0 Å². The van der Waals surface area contributed by atoms with Gasteiger partial charge in [0.25, 0.3) is 0 Å². The summed E-state index contributed by atoms with van der Waals surface area (Å²) in [6.07, 6.45) is 18.5. The topological polar surface area (TPSA) is 46.5 Å². The number of ether oxygens (including phenoxy) is 1. The number of cyclic esters (lactones) is 1. The number of unbranched alkanes of at least 4 members (excludes halogenated alkanes) is 10. The van der Waals surface area contributed by atoms with E-state index in [1.807, 2.05) is 13.0 Å². The van der Waals surface area contributed by atoms with Crippen LogP contribution in [0.1, 0.15) is 96.8 Å². The van der Waals surface area contributed by atoms with Crippen LogP contribution in [-0.2, 0) is 9.53 Å². The molecule has 1 saturated heterocycles. The van der Waals surface area contributed by atoms with Crippen LogP contribution in [0.25, 0.3) is 0 Å². The van der Waals surface area contributed by atoms with Crippen molar-refractivity contribution in [3.8, 4) is 0 Å². The van der Waals surface area contributed by atoms with Gasteiger partial charge in [-0.2, -0.15) is 0 Å². The fourth-order valence-electron chi connectivity index (χ4n) is 3.51. The Morgan fingerprint density at radius 3 is 2.04 bits per heavy atom. The molecule has 0 bridgehead atoms. The summed E-state index contributed by atoms with van der Waals surface area (Å²) in [7, 11) is 0. The predicted molar refractivity (Wildman–Crippen MR) is 99.9 cm³/mol. The van der Waals surface area contributed by atoms with Crippen molar-refractivity contribution in [3.05, 3.63) is 12.7 Å². The Bertz CT molecular complexity index is 338. The van der Waals surface area contributed by atoms with Gasteiger partial charge in [-0.3, -0.25) is 4.79 Å². The number of hydrogen-bond donors (Lipinski definition) is 1. The zero-order chi connectivity index (χ0) is 17.6. The molecule has 1 aliphatic rings. The Balaban J connectivity index is 1.81. The monoisotopic (exact) mass is 338 g/mol. The van der Waals surface area contributed by atoms with E-state index in [2.05, 4.69) is 6.58 Å². The standard InChI is InChI=1S/C21H38O3/c1-3-19-17-21(23)24-20(19)16-14-12-10-8-6-4-5-7-9-11-13-15-18(2)22/h3,18-20,22H,1,4-17H2,2H3/t18-,19+,20-/m1/s1. The molecule has 1 aliphatic heterocycles. The minimum Gasteiger partial charge on any atom is -0.462 e. The molecule has 0 saturated carbocycles. The van der Waals surface area contributed by atoms with Gasteiger partial charge in [0.05, 0.1) is 12.5 Å². The lowest BCUT2D eigenvalue weighted by Crippen LogP contribution is -2.13. The molecule has 1 rings (SSSR count). The van der Waals surface area contributed by atoms with Crippen LogP contribution in [0.5, 0.6) is 0 Å². The van der Waals surface area contributed by atoms with Crippen LogP contribution in [0.3, 0.4) is 0 Å². The smallest absolute Gasteiger partial charge is 0.306 e. The lowest BCUT2D eigenvalue weighted by molar-refractivity contribution is -0.141. The molecule has 0 radical (unpaired) electrons. The molecule has 0 aromatic rings. The van der Waals surface area contributed by atoms with E-state index in [9.17, 15) is 9.90 Å². The number of carbonyl (C=O) groups is 1. The van der Waals surface area contributed by atoms with Gasteiger partial charge in [-0.05, 0) is 26.2 Å². The Labute approximate surface area is 148 Å². The SMILES string of the molecule is C=C[C@H]1CC(=O)O[C@@H]1CCCCCCCCCCCCC[C@@H](C)O. The van der Waals surface area contributed by atoms with E-state index >= 15 is 0 Å². The molecule has 0 unspecified atom stereocenters. The van der Waals surface area contributed by atoms with Crippen molar-refractivity contribution in [3.63, 3.8) is 0 Å². The minimum atomic E-state index is -0.131. The maximum absolute atomic E-state index is 11.3. The van der Waals surface area contributed by atoms with Crippen molar-refractivity contribution >= 4 is 5.97 Å². The first-order valence-corrected chi connectivity index (χ1v) is 10.1. The van der Waals surface area contributed by atoms with E-state index in [0.29, 0.717) is 6.42 Å². The molecule has 0 amide bonds. The van der Waals surface area contributed by atoms with Gasteiger partial charge in [0.2, 0.25) is 0 Å². The summed E-state index contributed by atoms with van der Waals surface area (Å²) in [5.74, 6) is 0.175. The summed E-state index contributed by atoms with van der Waals surface area (Å²) < 4.78 is 5.35. The van der Waals surface area contributed by atoms with Crippen LogP contribution in [0.2, 0.25) is 0 Å². The number of hydrogen-bond acceptors (Lipinski definition) is 3. The van der Waals surface area contributed by atoms with Gasteiger partial charge in [0.1, 0.15) is 6.10 Å². The molecule has 3 atom stereocenters.